The van der Waals surface area contributed by atoms with Gasteiger partial charge in [0.25, 0.3) is 5.91 Å². The maximum absolute atomic E-state index is 11.8. The summed E-state index contributed by atoms with van der Waals surface area (Å²) in [6, 6.07) is 8.94. The molecule has 92 valence electrons. The van der Waals surface area contributed by atoms with Gasteiger partial charge in [0.15, 0.2) is 0 Å². The smallest absolute Gasteiger partial charge is 0.256 e. The summed E-state index contributed by atoms with van der Waals surface area (Å²) in [6.07, 6.45) is 0. The number of nitrogens with one attached hydrogen (secondary N) is 1. The Morgan fingerprint density at radius 2 is 2.17 bits per heavy atom. The topological polar surface area (TPSA) is 61.7 Å². The third-order valence-corrected chi connectivity index (χ3v) is 3.15. The first-order valence-corrected chi connectivity index (χ1v) is 6.27. The number of rotatable bonds is 3. The van der Waals surface area contributed by atoms with Crippen molar-refractivity contribution >= 4 is 28.6 Å². The predicted octanol–water partition coefficient (Wildman–Crippen LogP) is 3.20. The van der Waals surface area contributed by atoms with Crippen LogP contribution in [0.3, 0.4) is 0 Å². The van der Waals surface area contributed by atoms with Gasteiger partial charge in [-0.2, -0.15) is 11.3 Å². The predicted molar refractivity (Wildman–Crippen MR) is 72.7 cm³/mol. The Hall–Kier alpha value is -2.14. The molecule has 2 N–H and O–H groups in total. The number of anilines is 1. The summed E-state index contributed by atoms with van der Waals surface area (Å²) in [5.41, 5.74) is 2.58. The molecule has 0 aliphatic rings. The van der Waals surface area contributed by atoms with Gasteiger partial charge in [-0.05, 0) is 30.5 Å². The lowest BCUT2D eigenvalue weighted by atomic mass is 10.1. The molecule has 0 aliphatic carbocycles. The van der Waals surface area contributed by atoms with E-state index in [1.807, 2.05) is 11.4 Å². The van der Waals surface area contributed by atoms with Crippen molar-refractivity contribution in [3.8, 4) is 0 Å². The van der Waals surface area contributed by atoms with Gasteiger partial charge in [0.05, 0.1) is 11.3 Å². The van der Waals surface area contributed by atoms with Gasteiger partial charge in [-0.15, -0.1) is 0 Å². The third kappa shape index (κ3) is 2.75. The van der Waals surface area contributed by atoms with Crippen molar-refractivity contribution in [1.82, 2.24) is 0 Å². The Bertz CT molecular complexity index is 576. The first-order valence-electron chi connectivity index (χ1n) is 5.33. The normalized spacial score (nSPS) is 11.3. The van der Waals surface area contributed by atoms with E-state index < -0.39 is 0 Å². The summed E-state index contributed by atoms with van der Waals surface area (Å²) in [5.74, 6) is -0.146. The van der Waals surface area contributed by atoms with Crippen LogP contribution < -0.4 is 5.32 Å². The number of nitrogens with zero attached hydrogens (tertiary/aromatic N) is 1. The van der Waals surface area contributed by atoms with Gasteiger partial charge in [-0.3, -0.25) is 4.79 Å². The fourth-order valence-corrected chi connectivity index (χ4v) is 2.11. The van der Waals surface area contributed by atoms with E-state index in [1.54, 1.807) is 36.6 Å². The Balaban J connectivity index is 2.17. The average molecular weight is 260 g/mol. The van der Waals surface area contributed by atoms with Crippen LogP contribution in [0.4, 0.5) is 5.69 Å². The molecule has 0 unspecified atom stereocenters. The maximum atomic E-state index is 11.8. The number of amides is 1. The summed E-state index contributed by atoms with van der Waals surface area (Å²) in [5, 5.41) is 18.3. The number of carbonyl (C=O) groups is 1. The van der Waals surface area contributed by atoms with Crippen molar-refractivity contribution in [2.45, 2.75) is 6.92 Å². The minimum atomic E-state index is -0.146. The second-order valence-corrected chi connectivity index (χ2v) is 4.51. The molecule has 2 rings (SSSR count). The highest BCUT2D eigenvalue weighted by atomic mass is 32.1. The monoisotopic (exact) mass is 260 g/mol. The molecule has 0 radical (unpaired) electrons. The lowest BCUT2D eigenvalue weighted by Crippen LogP contribution is -2.11. The van der Waals surface area contributed by atoms with Crippen LogP contribution in [0.2, 0.25) is 0 Å². The Morgan fingerprint density at radius 1 is 1.33 bits per heavy atom. The second kappa shape index (κ2) is 5.46. The molecule has 0 bridgehead atoms. The van der Waals surface area contributed by atoms with Crippen molar-refractivity contribution < 1.29 is 10.0 Å². The summed E-state index contributed by atoms with van der Waals surface area (Å²) >= 11 is 1.48. The molecule has 0 spiro atoms. The average Bonchev–Trinajstić information content (AvgIpc) is 2.92. The van der Waals surface area contributed by atoms with Gasteiger partial charge in [-0.25, -0.2) is 0 Å². The highest BCUT2D eigenvalue weighted by Crippen LogP contribution is 2.14. The fourth-order valence-electron chi connectivity index (χ4n) is 1.48. The zero-order valence-corrected chi connectivity index (χ0v) is 10.6. The van der Waals surface area contributed by atoms with E-state index in [0.29, 0.717) is 17.0 Å². The van der Waals surface area contributed by atoms with Crippen LogP contribution in [0.1, 0.15) is 22.8 Å². The summed E-state index contributed by atoms with van der Waals surface area (Å²) in [6.45, 7) is 1.69. The van der Waals surface area contributed by atoms with E-state index >= 15 is 0 Å². The van der Waals surface area contributed by atoms with Gasteiger partial charge < -0.3 is 10.5 Å². The van der Waals surface area contributed by atoms with Crippen molar-refractivity contribution in [2.24, 2.45) is 5.16 Å². The van der Waals surface area contributed by atoms with Crippen LogP contribution in [0.25, 0.3) is 0 Å². The van der Waals surface area contributed by atoms with E-state index in [1.165, 1.54) is 11.3 Å². The summed E-state index contributed by atoms with van der Waals surface area (Å²) < 4.78 is 0. The molecule has 5 heteroatoms. The van der Waals surface area contributed by atoms with Gasteiger partial charge >= 0.3 is 0 Å². The maximum Gasteiger partial charge on any atom is 0.256 e. The Labute approximate surface area is 109 Å². The van der Waals surface area contributed by atoms with E-state index in [9.17, 15) is 4.79 Å². The zero-order valence-electron chi connectivity index (χ0n) is 9.75. The molecule has 1 aromatic heterocycles. The van der Waals surface area contributed by atoms with Gasteiger partial charge in [0, 0.05) is 16.6 Å². The molecular formula is C13H12N2O2S. The van der Waals surface area contributed by atoms with Crippen molar-refractivity contribution in [3.05, 3.63) is 52.2 Å². The first-order chi connectivity index (χ1) is 8.70. The second-order valence-electron chi connectivity index (χ2n) is 3.73. The molecule has 1 heterocycles. The van der Waals surface area contributed by atoms with Crippen LogP contribution in [0.5, 0.6) is 0 Å². The first kappa shape index (κ1) is 12.3. The number of hydrogen-bond acceptors (Lipinski definition) is 4. The summed E-state index contributed by atoms with van der Waals surface area (Å²) in [4.78, 5) is 11.8. The number of benzene rings is 1. The van der Waals surface area contributed by atoms with Crippen LogP contribution in [-0.4, -0.2) is 16.8 Å². The van der Waals surface area contributed by atoms with Crippen LogP contribution in [-0.2, 0) is 0 Å². The molecule has 0 fully saturated rings. The molecule has 0 saturated carbocycles. The van der Waals surface area contributed by atoms with Gasteiger partial charge in [-0.1, -0.05) is 17.3 Å². The van der Waals surface area contributed by atoms with E-state index in [-0.39, 0.29) is 5.91 Å². The zero-order chi connectivity index (χ0) is 13.0. The molecule has 1 amide bonds. The van der Waals surface area contributed by atoms with E-state index in [4.69, 9.17) is 5.21 Å². The largest absolute Gasteiger partial charge is 0.411 e. The summed E-state index contributed by atoms with van der Waals surface area (Å²) in [7, 11) is 0. The van der Waals surface area contributed by atoms with Crippen molar-refractivity contribution in [3.63, 3.8) is 0 Å². The number of carbonyl (C=O) groups excluding carboxylic acids is 1. The lowest BCUT2D eigenvalue weighted by molar-refractivity contribution is 0.102. The fraction of sp³-hybridized carbons (Fsp3) is 0.0769. The molecule has 2 aromatic rings. The van der Waals surface area contributed by atoms with Gasteiger partial charge in [0.1, 0.15) is 0 Å². The SMILES string of the molecule is C/C(=N\O)c1cccc(NC(=O)c2ccsc2)c1. The van der Waals surface area contributed by atoms with E-state index in [0.717, 1.165) is 5.56 Å². The molecule has 18 heavy (non-hydrogen) atoms. The lowest BCUT2D eigenvalue weighted by Gasteiger charge is -2.05. The highest BCUT2D eigenvalue weighted by molar-refractivity contribution is 7.08. The molecule has 1 aromatic carbocycles. The molecule has 0 aliphatic heterocycles. The molecule has 0 saturated heterocycles. The Kier molecular flexibility index (Phi) is 3.74. The Morgan fingerprint density at radius 3 is 2.83 bits per heavy atom. The molecule has 4 nitrogen and oxygen atoms in total. The minimum Gasteiger partial charge on any atom is -0.411 e. The highest BCUT2D eigenvalue weighted by Gasteiger charge is 2.07. The third-order valence-electron chi connectivity index (χ3n) is 2.47. The standard InChI is InChI=1S/C13H12N2O2S/c1-9(15-17)10-3-2-4-12(7-10)14-13(16)11-5-6-18-8-11/h2-8,17H,1H3,(H,14,16)/b15-9+. The van der Waals surface area contributed by atoms with Gasteiger partial charge in [0.2, 0.25) is 0 Å². The minimum absolute atomic E-state index is 0.146. The van der Waals surface area contributed by atoms with Crippen molar-refractivity contribution in [1.29, 1.82) is 0 Å². The van der Waals surface area contributed by atoms with Crippen LogP contribution in [0.15, 0.2) is 46.2 Å². The number of hydrogen-bond donors (Lipinski definition) is 2. The number of oxime groups is 1. The van der Waals surface area contributed by atoms with Crippen molar-refractivity contribution in [2.75, 3.05) is 5.32 Å². The quantitative estimate of drug-likeness (QED) is 0.505. The van der Waals surface area contributed by atoms with Crippen LogP contribution in [0, 0.1) is 0 Å². The van der Waals surface area contributed by atoms with E-state index in [2.05, 4.69) is 10.5 Å². The van der Waals surface area contributed by atoms with Crippen LogP contribution >= 0.6 is 11.3 Å². The molecular weight excluding hydrogens is 248 g/mol. The number of thiophene rings is 1. The molecule has 0 atom stereocenters.